The number of allylic oxidation sites excluding steroid dienone is 2. The van der Waals surface area contributed by atoms with Crippen LogP contribution in [0.5, 0.6) is 0 Å². The normalized spacial score (nSPS) is 12.0. The van der Waals surface area contributed by atoms with Crippen LogP contribution < -0.4 is 0 Å². The Balaban J connectivity index is 0.000000347. The topological polar surface area (TPSA) is 63.1 Å². The zero-order valence-corrected chi connectivity index (χ0v) is 33.9. The van der Waals surface area contributed by atoms with E-state index in [4.69, 9.17) is 9.97 Å². The van der Waals surface area contributed by atoms with Crippen molar-refractivity contribution in [2.24, 2.45) is 17.8 Å². The summed E-state index contributed by atoms with van der Waals surface area (Å²) in [7, 11) is 0. The molecule has 1 N–H and O–H groups in total. The van der Waals surface area contributed by atoms with Gasteiger partial charge in [0.05, 0.1) is 16.0 Å². The Morgan fingerprint density at radius 1 is 0.918 bits per heavy atom. The minimum Gasteiger partial charge on any atom is -0.512 e. The van der Waals surface area contributed by atoms with Gasteiger partial charge in [0.15, 0.2) is 5.78 Å². The zero-order chi connectivity index (χ0) is 35.0. The zero-order valence-electron chi connectivity index (χ0n) is 30.7. The third kappa shape index (κ3) is 9.96. The first-order valence-electron chi connectivity index (χ1n) is 17.6. The summed E-state index contributed by atoms with van der Waals surface area (Å²) in [6.07, 6.45) is 9.84. The number of ketones is 1. The predicted molar refractivity (Wildman–Crippen MR) is 206 cm³/mol. The van der Waals surface area contributed by atoms with Crippen LogP contribution in [0.15, 0.2) is 78.1 Å². The smallest absolute Gasteiger partial charge is 0.162 e. The number of pyridine rings is 2. The molecule has 0 saturated carbocycles. The Labute approximate surface area is 311 Å². The van der Waals surface area contributed by atoms with E-state index in [0.29, 0.717) is 5.92 Å². The number of nitrogens with zero attached hydrogens (tertiary/aromatic N) is 2. The Bertz CT molecular complexity index is 1860. The number of carbonyl (C=O) groups excluding carboxylic acids is 1. The second kappa shape index (κ2) is 18.2. The first-order chi connectivity index (χ1) is 22.9. The van der Waals surface area contributed by atoms with Gasteiger partial charge in [0, 0.05) is 67.0 Å². The van der Waals surface area contributed by atoms with Gasteiger partial charge in [0.25, 0.3) is 0 Å². The number of hydrogen-bond donors (Lipinski definition) is 1. The number of benzene rings is 2. The van der Waals surface area contributed by atoms with Crippen LogP contribution in [0.3, 0.4) is 0 Å². The Hall–Kier alpha value is -3.18. The number of aliphatic hydroxyl groups is 1. The van der Waals surface area contributed by atoms with E-state index in [-0.39, 0.29) is 48.9 Å². The summed E-state index contributed by atoms with van der Waals surface area (Å²) < 4.78 is 1.30. The van der Waals surface area contributed by atoms with E-state index in [9.17, 15) is 9.90 Å². The summed E-state index contributed by atoms with van der Waals surface area (Å²) >= 11 is 1.80. The van der Waals surface area contributed by atoms with Crippen molar-refractivity contribution >= 4 is 38.1 Å². The first-order valence-corrected chi connectivity index (χ1v) is 18.5. The molecule has 0 unspecified atom stereocenters. The van der Waals surface area contributed by atoms with Gasteiger partial charge < -0.3 is 5.11 Å². The molecular weight excluding hydrogens is 801 g/mol. The number of thiophene rings is 1. The van der Waals surface area contributed by atoms with Crippen molar-refractivity contribution in [1.29, 1.82) is 0 Å². The van der Waals surface area contributed by atoms with Crippen LogP contribution in [0, 0.1) is 23.8 Å². The van der Waals surface area contributed by atoms with E-state index in [1.807, 2.05) is 40.1 Å². The maximum atomic E-state index is 11.7. The van der Waals surface area contributed by atoms with Crippen molar-refractivity contribution in [2.45, 2.75) is 99.8 Å². The average molecular weight is 854 g/mol. The van der Waals surface area contributed by atoms with Crippen molar-refractivity contribution in [3.63, 3.8) is 0 Å². The van der Waals surface area contributed by atoms with Crippen LogP contribution in [-0.2, 0) is 36.7 Å². The molecule has 0 spiro atoms. The molecule has 263 valence electrons. The molecule has 0 fully saturated rings. The molecule has 0 aliphatic carbocycles. The third-order valence-corrected chi connectivity index (χ3v) is 10.2. The van der Waals surface area contributed by atoms with Gasteiger partial charge in [-0.15, -0.1) is 40.5 Å². The molecule has 5 aromatic rings. The van der Waals surface area contributed by atoms with Gasteiger partial charge in [-0.3, -0.25) is 14.8 Å². The fraction of sp³-hybridized carbons (Fsp3) is 0.419. The Morgan fingerprint density at radius 2 is 1.57 bits per heavy atom. The first kappa shape index (κ1) is 40.3. The van der Waals surface area contributed by atoms with E-state index in [1.54, 1.807) is 11.3 Å². The molecule has 1 radical (unpaired) electrons. The van der Waals surface area contributed by atoms with Gasteiger partial charge >= 0.3 is 0 Å². The van der Waals surface area contributed by atoms with E-state index >= 15 is 0 Å². The molecule has 3 heterocycles. The maximum Gasteiger partial charge on any atom is 0.162 e. The van der Waals surface area contributed by atoms with Crippen molar-refractivity contribution in [2.75, 3.05) is 0 Å². The minimum atomic E-state index is 0. The van der Waals surface area contributed by atoms with Gasteiger partial charge in [0.2, 0.25) is 0 Å². The average Bonchev–Trinajstić information content (AvgIpc) is 3.50. The SMILES string of the molecule is CC(C)Cc1ccnc2c(-c3ccnc(-c4[c-]c5ccccc5c(C(C)(C)C)c4)c3)csc12.CCC(CC)C(=O)/C=C(\O)C(CC)CC.[Ir]. The molecule has 0 atom stereocenters. The fourth-order valence-corrected chi connectivity index (χ4v) is 7.36. The van der Waals surface area contributed by atoms with Gasteiger partial charge in [0.1, 0.15) is 0 Å². The Kier molecular flexibility index (Phi) is 14.9. The largest absolute Gasteiger partial charge is 0.512 e. The summed E-state index contributed by atoms with van der Waals surface area (Å²) in [5.41, 5.74) is 8.14. The van der Waals surface area contributed by atoms with Crippen molar-refractivity contribution in [1.82, 2.24) is 9.97 Å². The summed E-state index contributed by atoms with van der Waals surface area (Å²) in [5, 5.41) is 14.4. The number of carbonyl (C=O) groups is 1. The number of aromatic nitrogens is 2. The predicted octanol–water partition coefficient (Wildman–Crippen LogP) is 12.3. The van der Waals surface area contributed by atoms with Gasteiger partial charge in [-0.25, -0.2) is 0 Å². The van der Waals surface area contributed by atoms with Crippen LogP contribution in [-0.4, -0.2) is 20.9 Å². The fourth-order valence-electron chi connectivity index (χ4n) is 6.30. The quantitative estimate of drug-likeness (QED) is 0.0817. The maximum absolute atomic E-state index is 11.7. The summed E-state index contributed by atoms with van der Waals surface area (Å²) in [6, 6.07) is 20.8. The molecule has 0 saturated heterocycles. The molecule has 0 aliphatic rings. The molecule has 6 heteroatoms. The van der Waals surface area contributed by atoms with Crippen LogP contribution in [0.2, 0.25) is 0 Å². The number of rotatable bonds is 11. The molecule has 3 aromatic heterocycles. The number of hydrogen-bond acceptors (Lipinski definition) is 5. The standard InChI is InChI=1S/C30H29N2S.C13H24O2.Ir/c1-19(2)14-22-11-13-32-28-25(18-33-29(22)28)21-10-12-31-27(17-21)23-15-20-8-6-7-9-24(20)26(16-23)30(3,4)5;1-5-10(6-2)12(14)9-13(15)11(7-3)8-4;/h6-13,16-19H,14H2,1-5H3;9-11,14H,5-8H2,1-4H3;/q-1;;/b;12-9-;. The second-order valence-corrected chi connectivity index (χ2v) is 15.1. The van der Waals surface area contributed by atoms with E-state index in [0.717, 1.165) is 59.8 Å². The summed E-state index contributed by atoms with van der Waals surface area (Å²) in [6.45, 7) is 19.4. The van der Waals surface area contributed by atoms with E-state index < -0.39 is 0 Å². The van der Waals surface area contributed by atoms with Crippen LogP contribution >= 0.6 is 11.3 Å². The van der Waals surface area contributed by atoms with Gasteiger partial charge in [-0.1, -0.05) is 97.5 Å². The van der Waals surface area contributed by atoms with Crippen molar-refractivity contribution in [3.05, 3.63) is 95.3 Å². The van der Waals surface area contributed by atoms with Crippen LogP contribution in [0.25, 0.3) is 43.4 Å². The molecule has 5 rings (SSSR count). The molecule has 49 heavy (non-hydrogen) atoms. The Morgan fingerprint density at radius 3 is 2.20 bits per heavy atom. The molecule has 4 nitrogen and oxygen atoms in total. The van der Waals surface area contributed by atoms with Crippen LogP contribution in [0.4, 0.5) is 0 Å². The molecular formula is C43H53IrN2O2S-. The van der Waals surface area contributed by atoms with Crippen molar-refractivity contribution < 1.29 is 30.0 Å². The summed E-state index contributed by atoms with van der Waals surface area (Å²) in [5.74, 6) is 1.17. The van der Waals surface area contributed by atoms with Gasteiger partial charge in [-0.2, -0.15) is 0 Å². The molecule has 0 aliphatic heterocycles. The number of fused-ring (bicyclic) bond motifs is 2. The summed E-state index contributed by atoms with van der Waals surface area (Å²) in [4.78, 5) is 21.2. The van der Waals surface area contributed by atoms with E-state index in [2.05, 4.69) is 94.6 Å². The minimum absolute atomic E-state index is 0. The molecule has 0 bridgehead atoms. The van der Waals surface area contributed by atoms with E-state index in [1.165, 1.54) is 32.9 Å². The monoisotopic (exact) mass is 854 g/mol. The molecule has 0 amide bonds. The number of aliphatic hydroxyl groups excluding tert-OH is 1. The van der Waals surface area contributed by atoms with Gasteiger partial charge in [-0.05, 0) is 66.7 Å². The van der Waals surface area contributed by atoms with Crippen LogP contribution in [0.1, 0.15) is 99.1 Å². The second-order valence-electron chi connectivity index (χ2n) is 14.2. The molecule has 2 aromatic carbocycles. The van der Waals surface area contributed by atoms with Crippen molar-refractivity contribution in [3.8, 4) is 22.4 Å². The third-order valence-electron chi connectivity index (χ3n) is 9.18.